The molecule has 0 N–H and O–H groups in total. The Labute approximate surface area is 97.4 Å². The van der Waals surface area contributed by atoms with Crippen LogP contribution in [0, 0.1) is 0 Å². The first kappa shape index (κ1) is 12.4. The summed E-state index contributed by atoms with van der Waals surface area (Å²) in [7, 11) is 1.70. The molecule has 0 saturated carbocycles. The first-order valence-electron chi connectivity index (χ1n) is 5.35. The topological polar surface area (TPSA) is 9.23 Å². The molecule has 1 rings (SSSR count). The van der Waals surface area contributed by atoms with Gasteiger partial charge in [0.25, 0.3) is 0 Å². The Kier molecular flexibility index (Phi) is 4.46. The van der Waals surface area contributed by atoms with Gasteiger partial charge in [-0.15, -0.1) is 11.6 Å². The van der Waals surface area contributed by atoms with E-state index in [1.54, 1.807) is 7.11 Å². The molecule has 0 aliphatic rings. The van der Waals surface area contributed by atoms with Crippen molar-refractivity contribution in [2.45, 2.75) is 38.5 Å². The summed E-state index contributed by atoms with van der Waals surface area (Å²) in [5, 5.41) is 0.140. The lowest BCUT2D eigenvalue weighted by Gasteiger charge is -2.13. The Morgan fingerprint density at radius 3 is 2.40 bits per heavy atom. The van der Waals surface area contributed by atoms with Crippen LogP contribution < -0.4 is 4.74 Å². The van der Waals surface area contributed by atoms with Gasteiger partial charge in [0.1, 0.15) is 5.75 Å². The van der Waals surface area contributed by atoms with E-state index in [-0.39, 0.29) is 5.38 Å². The predicted octanol–water partition coefficient (Wildman–Crippen LogP) is 3.99. The van der Waals surface area contributed by atoms with Crippen molar-refractivity contribution in [2.75, 3.05) is 7.11 Å². The number of benzene rings is 1. The first-order valence-corrected chi connectivity index (χ1v) is 5.79. The zero-order valence-corrected chi connectivity index (χ0v) is 10.6. The summed E-state index contributed by atoms with van der Waals surface area (Å²) in [4.78, 5) is 0. The standard InChI is InChI=1S/C13H19ClO/c1-9(2)11-5-6-13(15-4)12(8-11)7-10(3)14/h5-6,8-10H,7H2,1-4H3. The van der Waals surface area contributed by atoms with Crippen LogP contribution >= 0.6 is 11.6 Å². The molecule has 1 atom stereocenters. The van der Waals surface area contributed by atoms with Crippen LogP contribution in [0.1, 0.15) is 37.8 Å². The van der Waals surface area contributed by atoms with Gasteiger partial charge in [0, 0.05) is 5.38 Å². The Hall–Kier alpha value is -0.690. The minimum absolute atomic E-state index is 0.140. The van der Waals surface area contributed by atoms with Crippen molar-refractivity contribution in [3.63, 3.8) is 0 Å². The molecule has 0 aliphatic carbocycles. The Balaban J connectivity index is 3.02. The van der Waals surface area contributed by atoms with Crippen LogP contribution in [-0.2, 0) is 6.42 Å². The second-order valence-electron chi connectivity index (χ2n) is 4.21. The van der Waals surface area contributed by atoms with Gasteiger partial charge in [-0.2, -0.15) is 0 Å². The van der Waals surface area contributed by atoms with Crippen molar-refractivity contribution < 1.29 is 4.74 Å². The second-order valence-corrected chi connectivity index (χ2v) is 4.96. The number of methoxy groups -OCH3 is 1. The largest absolute Gasteiger partial charge is 0.496 e. The molecule has 1 unspecified atom stereocenters. The molecular formula is C13H19ClO. The summed E-state index contributed by atoms with van der Waals surface area (Å²) < 4.78 is 5.32. The van der Waals surface area contributed by atoms with Crippen LogP contribution in [0.25, 0.3) is 0 Å². The molecule has 0 amide bonds. The van der Waals surface area contributed by atoms with Crippen LogP contribution in [0.3, 0.4) is 0 Å². The van der Waals surface area contributed by atoms with E-state index in [0.717, 1.165) is 12.2 Å². The van der Waals surface area contributed by atoms with Crippen molar-refractivity contribution in [3.05, 3.63) is 29.3 Å². The molecule has 2 heteroatoms. The van der Waals surface area contributed by atoms with Gasteiger partial charge < -0.3 is 4.74 Å². The predicted molar refractivity (Wildman–Crippen MR) is 66.1 cm³/mol. The fourth-order valence-corrected chi connectivity index (χ4v) is 1.79. The van der Waals surface area contributed by atoms with E-state index in [4.69, 9.17) is 16.3 Å². The first-order chi connectivity index (χ1) is 7.04. The van der Waals surface area contributed by atoms with Crippen LogP contribution in [0.5, 0.6) is 5.75 Å². The molecule has 1 aromatic rings. The lowest BCUT2D eigenvalue weighted by Crippen LogP contribution is -2.01. The molecule has 0 saturated heterocycles. The normalized spacial score (nSPS) is 12.9. The number of rotatable bonds is 4. The Morgan fingerprint density at radius 2 is 1.93 bits per heavy atom. The van der Waals surface area contributed by atoms with Crippen molar-refractivity contribution >= 4 is 11.6 Å². The molecule has 1 nitrogen and oxygen atoms in total. The summed E-state index contributed by atoms with van der Waals surface area (Å²) in [6, 6.07) is 6.35. The quantitative estimate of drug-likeness (QED) is 0.706. The van der Waals surface area contributed by atoms with E-state index in [9.17, 15) is 0 Å². The second kappa shape index (κ2) is 5.41. The molecule has 0 heterocycles. The smallest absolute Gasteiger partial charge is 0.122 e. The van der Waals surface area contributed by atoms with Gasteiger partial charge in [-0.25, -0.2) is 0 Å². The molecule has 1 aromatic carbocycles. The minimum atomic E-state index is 0.140. The van der Waals surface area contributed by atoms with Gasteiger partial charge in [-0.1, -0.05) is 26.0 Å². The monoisotopic (exact) mass is 226 g/mol. The Bertz CT molecular complexity index is 318. The van der Waals surface area contributed by atoms with Gasteiger partial charge in [-0.05, 0) is 36.5 Å². The maximum Gasteiger partial charge on any atom is 0.122 e. The highest BCUT2D eigenvalue weighted by molar-refractivity contribution is 6.20. The van der Waals surface area contributed by atoms with Crippen molar-refractivity contribution in [1.82, 2.24) is 0 Å². The molecule has 0 fully saturated rings. The highest BCUT2D eigenvalue weighted by Crippen LogP contribution is 2.25. The van der Waals surface area contributed by atoms with Crippen LogP contribution in [0.15, 0.2) is 18.2 Å². The molecule has 84 valence electrons. The number of hydrogen-bond donors (Lipinski definition) is 0. The lowest BCUT2D eigenvalue weighted by molar-refractivity contribution is 0.409. The number of halogens is 1. The summed E-state index contributed by atoms with van der Waals surface area (Å²) in [6.45, 7) is 6.38. The van der Waals surface area contributed by atoms with Gasteiger partial charge in [0.05, 0.1) is 7.11 Å². The summed E-state index contributed by atoms with van der Waals surface area (Å²) >= 11 is 6.02. The molecule has 15 heavy (non-hydrogen) atoms. The third-order valence-corrected chi connectivity index (χ3v) is 2.63. The highest BCUT2D eigenvalue weighted by Gasteiger charge is 2.09. The highest BCUT2D eigenvalue weighted by atomic mass is 35.5. The average molecular weight is 227 g/mol. The van der Waals surface area contributed by atoms with Crippen molar-refractivity contribution in [3.8, 4) is 5.75 Å². The maximum absolute atomic E-state index is 6.02. The number of hydrogen-bond acceptors (Lipinski definition) is 1. The molecule has 0 bridgehead atoms. The van der Waals surface area contributed by atoms with Crippen LogP contribution in [0.4, 0.5) is 0 Å². The zero-order valence-electron chi connectivity index (χ0n) is 9.88. The van der Waals surface area contributed by atoms with Crippen molar-refractivity contribution in [1.29, 1.82) is 0 Å². The van der Waals surface area contributed by atoms with E-state index in [1.807, 2.05) is 13.0 Å². The van der Waals surface area contributed by atoms with Crippen LogP contribution in [-0.4, -0.2) is 12.5 Å². The number of ether oxygens (including phenoxy) is 1. The van der Waals surface area contributed by atoms with Gasteiger partial charge in [0.15, 0.2) is 0 Å². The molecule has 0 aliphatic heterocycles. The zero-order chi connectivity index (χ0) is 11.4. The van der Waals surface area contributed by atoms with E-state index in [1.165, 1.54) is 11.1 Å². The lowest BCUT2D eigenvalue weighted by atomic mass is 9.98. The van der Waals surface area contributed by atoms with Gasteiger partial charge in [-0.3, -0.25) is 0 Å². The van der Waals surface area contributed by atoms with E-state index in [2.05, 4.69) is 26.0 Å². The average Bonchev–Trinajstić information content (AvgIpc) is 2.16. The maximum atomic E-state index is 6.02. The Morgan fingerprint density at radius 1 is 1.27 bits per heavy atom. The minimum Gasteiger partial charge on any atom is -0.496 e. The number of alkyl halides is 1. The van der Waals surface area contributed by atoms with E-state index >= 15 is 0 Å². The molecular weight excluding hydrogens is 208 g/mol. The summed E-state index contributed by atoms with van der Waals surface area (Å²) in [5.74, 6) is 1.48. The molecule has 0 aromatic heterocycles. The van der Waals surface area contributed by atoms with Crippen LogP contribution in [0.2, 0.25) is 0 Å². The van der Waals surface area contributed by atoms with Crippen molar-refractivity contribution in [2.24, 2.45) is 0 Å². The molecule has 0 radical (unpaired) electrons. The summed E-state index contributed by atoms with van der Waals surface area (Å²) in [5.41, 5.74) is 2.54. The van der Waals surface area contributed by atoms with Gasteiger partial charge >= 0.3 is 0 Å². The fraction of sp³-hybridized carbons (Fsp3) is 0.538. The third kappa shape index (κ3) is 3.42. The molecule has 0 spiro atoms. The van der Waals surface area contributed by atoms with Gasteiger partial charge in [0.2, 0.25) is 0 Å². The van der Waals surface area contributed by atoms with E-state index < -0.39 is 0 Å². The SMILES string of the molecule is COc1ccc(C(C)C)cc1CC(C)Cl. The fourth-order valence-electron chi connectivity index (χ4n) is 1.62. The van der Waals surface area contributed by atoms with E-state index in [0.29, 0.717) is 5.92 Å². The summed E-state index contributed by atoms with van der Waals surface area (Å²) in [6.07, 6.45) is 0.852. The third-order valence-electron chi connectivity index (χ3n) is 2.47.